The zero-order valence-electron chi connectivity index (χ0n) is 17.2. The van der Waals surface area contributed by atoms with E-state index in [1.165, 1.54) is 15.9 Å². The molecule has 0 amide bonds. The van der Waals surface area contributed by atoms with Crippen LogP contribution in [0.4, 0.5) is 5.69 Å². The molecule has 4 aromatic rings. The lowest BCUT2D eigenvalue weighted by Gasteiger charge is -2.37. The van der Waals surface area contributed by atoms with Crippen molar-refractivity contribution in [3.05, 3.63) is 121 Å². The first-order valence-electron chi connectivity index (χ1n) is 9.85. The van der Waals surface area contributed by atoms with Crippen molar-refractivity contribution in [2.24, 2.45) is 0 Å². The molecule has 0 aliphatic carbocycles. The van der Waals surface area contributed by atoms with Gasteiger partial charge in [-0.3, -0.25) is 0 Å². The highest BCUT2D eigenvalue weighted by molar-refractivity contribution is 7.96. The lowest BCUT2D eigenvalue weighted by molar-refractivity contribution is -0.00000605. The Morgan fingerprint density at radius 2 is 1.03 bits per heavy atom. The van der Waals surface area contributed by atoms with Crippen molar-refractivity contribution in [2.45, 2.75) is 0 Å². The minimum Gasteiger partial charge on any atom is -1.00 e. The van der Waals surface area contributed by atoms with E-state index in [0.717, 1.165) is 5.69 Å². The van der Waals surface area contributed by atoms with E-state index in [-0.39, 0.29) is 17.0 Å². The van der Waals surface area contributed by atoms with Gasteiger partial charge in [0.2, 0.25) is 7.41 Å². The van der Waals surface area contributed by atoms with E-state index < -0.39 is 7.41 Å². The van der Waals surface area contributed by atoms with Crippen molar-refractivity contribution in [3.8, 4) is 6.07 Å². The predicted octanol–water partition coefficient (Wildman–Crippen LogP) is 1.41. The van der Waals surface area contributed by atoms with Crippen molar-refractivity contribution in [3.63, 3.8) is 0 Å². The molecular formula is C26H23BrN3P. The highest BCUT2D eigenvalue weighted by atomic mass is 79.9. The molecule has 0 aliphatic rings. The van der Waals surface area contributed by atoms with Crippen LogP contribution in [-0.4, -0.2) is 7.05 Å². The molecule has 0 atom stereocenters. The van der Waals surface area contributed by atoms with Gasteiger partial charge in [-0.25, -0.2) is 5.43 Å². The van der Waals surface area contributed by atoms with Crippen LogP contribution in [0.25, 0.3) is 0 Å². The summed E-state index contributed by atoms with van der Waals surface area (Å²) in [6.07, 6.45) is 0. The van der Waals surface area contributed by atoms with Crippen molar-refractivity contribution in [2.75, 3.05) is 11.8 Å². The van der Waals surface area contributed by atoms with Crippen molar-refractivity contribution >= 4 is 29.0 Å². The third-order valence-corrected chi connectivity index (χ3v) is 9.31. The minimum absolute atomic E-state index is 0. The van der Waals surface area contributed by atoms with E-state index in [1.807, 2.05) is 31.3 Å². The molecule has 0 aromatic heterocycles. The Bertz CT molecular complexity index is 1030. The van der Waals surface area contributed by atoms with Gasteiger partial charge in [0, 0.05) is 7.05 Å². The summed E-state index contributed by atoms with van der Waals surface area (Å²) in [6, 6.07) is 42.0. The summed E-state index contributed by atoms with van der Waals surface area (Å²) in [7, 11) is -0.309. The van der Waals surface area contributed by atoms with Crippen LogP contribution in [0, 0.1) is 11.3 Å². The normalized spacial score (nSPS) is 10.6. The fourth-order valence-corrected chi connectivity index (χ4v) is 8.03. The number of rotatable bonds is 6. The number of nitriles is 1. The van der Waals surface area contributed by atoms with Gasteiger partial charge in [0.25, 0.3) is 0 Å². The lowest BCUT2D eigenvalue weighted by atomic mass is 10.2. The van der Waals surface area contributed by atoms with Crippen molar-refractivity contribution < 1.29 is 17.0 Å². The number of hydrogen-bond donors (Lipinski definition) is 1. The van der Waals surface area contributed by atoms with Gasteiger partial charge in [-0.15, -0.1) is 0 Å². The molecular weight excluding hydrogens is 465 g/mol. The Kier molecular flexibility index (Phi) is 7.60. The number of benzene rings is 4. The number of anilines is 1. The van der Waals surface area contributed by atoms with Gasteiger partial charge in [-0.1, -0.05) is 54.6 Å². The molecule has 0 saturated heterocycles. The van der Waals surface area contributed by atoms with Crippen LogP contribution < -0.4 is 43.1 Å². The molecule has 0 bridgehead atoms. The molecule has 0 saturated carbocycles. The highest BCUT2D eigenvalue weighted by Crippen LogP contribution is 2.59. The SMILES string of the molecule is CNN(c1ccc(C#N)cc1)[P+](c1ccccc1)(c1ccccc1)c1ccccc1.[Br-]. The zero-order valence-corrected chi connectivity index (χ0v) is 19.7. The molecule has 0 heterocycles. The fraction of sp³-hybridized carbons (Fsp3) is 0.0385. The topological polar surface area (TPSA) is 39.1 Å². The second kappa shape index (κ2) is 10.4. The second-order valence-corrected chi connectivity index (χ2v) is 10.1. The van der Waals surface area contributed by atoms with Crippen LogP contribution in [-0.2, 0) is 0 Å². The Hall–Kier alpha value is -2.96. The quantitative estimate of drug-likeness (QED) is 0.330. The van der Waals surface area contributed by atoms with Crippen LogP contribution in [0.3, 0.4) is 0 Å². The van der Waals surface area contributed by atoms with Gasteiger partial charge in [0.15, 0.2) is 0 Å². The second-order valence-electron chi connectivity index (χ2n) is 6.84. The molecule has 0 fully saturated rings. The summed E-state index contributed by atoms with van der Waals surface area (Å²) in [4.78, 5) is 0. The Balaban J connectivity index is 0.00000272. The summed E-state index contributed by atoms with van der Waals surface area (Å²) >= 11 is 0. The molecule has 0 unspecified atom stereocenters. The molecule has 5 heteroatoms. The zero-order chi connectivity index (χ0) is 20.8. The van der Waals surface area contributed by atoms with Crippen LogP contribution in [0.15, 0.2) is 115 Å². The molecule has 1 N–H and O–H groups in total. The van der Waals surface area contributed by atoms with E-state index in [4.69, 9.17) is 0 Å². The average Bonchev–Trinajstić information content (AvgIpc) is 2.84. The maximum Gasteiger partial charge on any atom is 0.220 e. The van der Waals surface area contributed by atoms with E-state index in [2.05, 4.69) is 107 Å². The average molecular weight is 488 g/mol. The smallest absolute Gasteiger partial charge is 0.220 e. The van der Waals surface area contributed by atoms with E-state index >= 15 is 0 Å². The van der Waals surface area contributed by atoms with Crippen LogP contribution in [0.5, 0.6) is 0 Å². The maximum absolute atomic E-state index is 9.25. The van der Waals surface area contributed by atoms with Gasteiger partial charge in [-0.2, -0.15) is 10.0 Å². The molecule has 154 valence electrons. The van der Waals surface area contributed by atoms with E-state index in [9.17, 15) is 5.26 Å². The Morgan fingerprint density at radius 1 is 0.645 bits per heavy atom. The van der Waals surface area contributed by atoms with Gasteiger partial charge < -0.3 is 17.0 Å². The maximum atomic E-state index is 9.25. The number of hydrogen-bond acceptors (Lipinski definition) is 3. The van der Waals surface area contributed by atoms with Crippen LogP contribution >= 0.6 is 7.41 Å². The standard InChI is InChI=1S/C26H23N3P.BrH/c1-28-29(23-19-17-22(21-27)18-20-23)30(24-11-5-2-6-12-24,25-13-7-3-8-14-25)26-15-9-4-10-16-26;/h2-20,28H,1H3;1H/q+1;/p-1. The molecule has 4 aromatic carbocycles. The summed E-state index contributed by atoms with van der Waals surface area (Å²) in [5, 5.41) is 13.0. The largest absolute Gasteiger partial charge is 1.00 e. The van der Waals surface area contributed by atoms with Crippen LogP contribution in [0.1, 0.15) is 5.56 Å². The van der Waals surface area contributed by atoms with Gasteiger partial charge in [0.1, 0.15) is 15.9 Å². The summed E-state index contributed by atoms with van der Waals surface area (Å²) in [6.45, 7) is 0. The molecule has 0 aliphatic heterocycles. The number of nitrogens with one attached hydrogen (secondary N) is 1. The van der Waals surface area contributed by atoms with E-state index in [1.54, 1.807) is 0 Å². The Morgan fingerprint density at radius 3 is 1.35 bits per heavy atom. The van der Waals surface area contributed by atoms with Crippen molar-refractivity contribution in [1.29, 1.82) is 5.26 Å². The van der Waals surface area contributed by atoms with Crippen LogP contribution in [0.2, 0.25) is 0 Å². The molecule has 4 rings (SSSR count). The minimum atomic E-state index is -2.27. The highest BCUT2D eigenvalue weighted by Gasteiger charge is 2.52. The van der Waals surface area contributed by atoms with Crippen molar-refractivity contribution in [1.82, 2.24) is 5.43 Å². The third-order valence-electron chi connectivity index (χ3n) is 5.14. The summed E-state index contributed by atoms with van der Waals surface area (Å²) < 4.78 is 2.29. The monoisotopic (exact) mass is 487 g/mol. The van der Waals surface area contributed by atoms with E-state index in [0.29, 0.717) is 5.56 Å². The summed E-state index contributed by atoms with van der Waals surface area (Å²) in [5.41, 5.74) is 5.16. The number of hydrazine groups is 1. The van der Waals surface area contributed by atoms with Gasteiger partial charge in [-0.05, 0) is 60.7 Å². The Labute approximate surface area is 195 Å². The van der Waals surface area contributed by atoms with Gasteiger partial charge in [0.05, 0.1) is 17.3 Å². The molecule has 0 radical (unpaired) electrons. The predicted molar refractivity (Wildman–Crippen MR) is 128 cm³/mol. The first-order chi connectivity index (χ1) is 14.8. The molecule has 0 spiro atoms. The first-order valence-corrected chi connectivity index (χ1v) is 11.6. The van der Waals surface area contributed by atoms with Gasteiger partial charge >= 0.3 is 0 Å². The lowest BCUT2D eigenvalue weighted by Crippen LogP contribution is -3.00. The number of halogens is 1. The fourth-order valence-electron chi connectivity index (χ4n) is 3.85. The summed E-state index contributed by atoms with van der Waals surface area (Å²) in [5.74, 6) is 0. The molecule has 3 nitrogen and oxygen atoms in total. The third kappa shape index (κ3) is 4.27. The molecule has 31 heavy (non-hydrogen) atoms. The number of nitrogens with zero attached hydrogens (tertiary/aromatic N) is 2. The first kappa shape index (κ1) is 22.7.